The number of carbonyl (C=O) groups excluding carboxylic acids is 1. The van der Waals surface area contributed by atoms with Gasteiger partial charge in [0.25, 0.3) is 0 Å². The van der Waals surface area contributed by atoms with Crippen molar-refractivity contribution in [1.82, 2.24) is 14.7 Å². The number of aromatic nitrogens is 2. The van der Waals surface area contributed by atoms with E-state index in [0.717, 1.165) is 37.3 Å². The van der Waals surface area contributed by atoms with Crippen molar-refractivity contribution in [3.05, 3.63) is 42.7 Å². The molecule has 0 unspecified atom stereocenters. The molecule has 3 rings (SSSR count). The molecule has 2 amide bonds. The van der Waals surface area contributed by atoms with Gasteiger partial charge in [-0.25, -0.2) is 9.48 Å². The van der Waals surface area contributed by atoms with E-state index in [9.17, 15) is 4.79 Å². The smallest absolute Gasteiger partial charge is 0.321 e. The van der Waals surface area contributed by atoms with Crippen molar-refractivity contribution in [1.29, 1.82) is 0 Å². The zero-order valence-corrected chi connectivity index (χ0v) is 12.0. The number of benzene rings is 1. The highest BCUT2D eigenvalue weighted by Gasteiger charge is 2.16. The van der Waals surface area contributed by atoms with Crippen LogP contribution in [0.5, 0.6) is 0 Å². The number of rotatable bonds is 2. The molecule has 21 heavy (non-hydrogen) atoms. The molecule has 2 heterocycles. The summed E-state index contributed by atoms with van der Waals surface area (Å²) < 4.78 is 1.76. The maximum atomic E-state index is 12.4. The van der Waals surface area contributed by atoms with Crippen molar-refractivity contribution in [2.75, 3.05) is 18.4 Å². The predicted molar refractivity (Wildman–Crippen MR) is 82.6 cm³/mol. The van der Waals surface area contributed by atoms with Gasteiger partial charge in [-0.2, -0.15) is 5.10 Å². The Morgan fingerprint density at radius 1 is 1.05 bits per heavy atom. The van der Waals surface area contributed by atoms with E-state index in [0.29, 0.717) is 0 Å². The largest absolute Gasteiger partial charge is 0.325 e. The van der Waals surface area contributed by atoms with E-state index in [1.54, 1.807) is 10.9 Å². The average molecular weight is 284 g/mol. The van der Waals surface area contributed by atoms with Crippen LogP contribution in [0.2, 0.25) is 0 Å². The van der Waals surface area contributed by atoms with Crippen molar-refractivity contribution in [3.63, 3.8) is 0 Å². The van der Waals surface area contributed by atoms with Crippen molar-refractivity contribution < 1.29 is 4.79 Å². The first kappa shape index (κ1) is 13.7. The van der Waals surface area contributed by atoms with Crippen LogP contribution in [0.25, 0.3) is 5.69 Å². The van der Waals surface area contributed by atoms with Gasteiger partial charge in [0.1, 0.15) is 0 Å². The lowest BCUT2D eigenvalue weighted by atomic mass is 10.2. The molecule has 1 saturated heterocycles. The van der Waals surface area contributed by atoms with E-state index < -0.39 is 0 Å². The number of carbonyl (C=O) groups is 1. The minimum Gasteiger partial charge on any atom is -0.325 e. The van der Waals surface area contributed by atoms with Gasteiger partial charge in [-0.05, 0) is 31.0 Å². The maximum Gasteiger partial charge on any atom is 0.321 e. The second-order valence-corrected chi connectivity index (χ2v) is 5.30. The lowest BCUT2D eigenvalue weighted by Crippen LogP contribution is -2.35. The summed E-state index contributed by atoms with van der Waals surface area (Å²) in [6, 6.07) is 9.57. The van der Waals surface area contributed by atoms with Crippen LogP contribution >= 0.6 is 0 Å². The van der Waals surface area contributed by atoms with Crippen molar-refractivity contribution in [2.45, 2.75) is 25.7 Å². The molecule has 5 nitrogen and oxygen atoms in total. The summed E-state index contributed by atoms with van der Waals surface area (Å²) in [5, 5.41) is 7.26. The molecular weight excluding hydrogens is 264 g/mol. The Kier molecular flexibility index (Phi) is 4.19. The summed E-state index contributed by atoms with van der Waals surface area (Å²) in [4.78, 5) is 14.3. The topological polar surface area (TPSA) is 50.2 Å². The first-order valence-corrected chi connectivity index (χ1v) is 7.49. The van der Waals surface area contributed by atoms with Gasteiger partial charge < -0.3 is 10.2 Å². The van der Waals surface area contributed by atoms with Crippen molar-refractivity contribution in [2.24, 2.45) is 0 Å². The number of hydrogen-bond donors (Lipinski definition) is 1. The van der Waals surface area contributed by atoms with Crippen molar-refractivity contribution >= 4 is 11.7 Å². The molecule has 110 valence electrons. The molecule has 1 aromatic carbocycles. The van der Waals surface area contributed by atoms with Gasteiger partial charge in [0.2, 0.25) is 0 Å². The average Bonchev–Trinajstić information content (AvgIpc) is 2.89. The molecule has 2 aromatic rings. The van der Waals surface area contributed by atoms with E-state index in [1.807, 2.05) is 41.4 Å². The zero-order chi connectivity index (χ0) is 14.5. The van der Waals surface area contributed by atoms with Crippen LogP contribution in [0.4, 0.5) is 10.5 Å². The molecular formula is C16H20N4O. The first-order valence-electron chi connectivity index (χ1n) is 7.49. The van der Waals surface area contributed by atoms with Crippen LogP contribution < -0.4 is 5.32 Å². The Balaban J connectivity index is 1.77. The second-order valence-electron chi connectivity index (χ2n) is 5.30. The van der Waals surface area contributed by atoms with Crippen LogP contribution in [0.1, 0.15) is 25.7 Å². The number of anilines is 1. The molecule has 1 fully saturated rings. The molecule has 1 aliphatic rings. The monoisotopic (exact) mass is 284 g/mol. The number of hydrogen-bond acceptors (Lipinski definition) is 2. The van der Waals surface area contributed by atoms with Gasteiger partial charge in [-0.15, -0.1) is 0 Å². The molecule has 0 atom stereocenters. The molecule has 5 heteroatoms. The fourth-order valence-corrected chi connectivity index (χ4v) is 2.66. The third-order valence-electron chi connectivity index (χ3n) is 3.79. The zero-order valence-electron chi connectivity index (χ0n) is 12.0. The molecule has 1 aromatic heterocycles. The Hall–Kier alpha value is -2.30. The van der Waals surface area contributed by atoms with Crippen LogP contribution in [-0.4, -0.2) is 33.8 Å². The number of para-hydroxylation sites is 2. The quantitative estimate of drug-likeness (QED) is 0.920. The van der Waals surface area contributed by atoms with Gasteiger partial charge >= 0.3 is 6.03 Å². The number of likely N-dealkylation sites (tertiary alicyclic amines) is 1. The van der Waals surface area contributed by atoms with E-state index >= 15 is 0 Å². The lowest BCUT2D eigenvalue weighted by Gasteiger charge is -2.21. The van der Waals surface area contributed by atoms with Crippen LogP contribution in [0.3, 0.4) is 0 Å². The van der Waals surface area contributed by atoms with E-state index in [-0.39, 0.29) is 6.03 Å². The minimum absolute atomic E-state index is 0.0171. The summed E-state index contributed by atoms with van der Waals surface area (Å²) in [7, 11) is 0. The number of amides is 2. The van der Waals surface area contributed by atoms with Gasteiger partial charge in [-0.1, -0.05) is 25.0 Å². The predicted octanol–water partition coefficient (Wildman–Crippen LogP) is 3.28. The normalized spacial score (nSPS) is 15.5. The fraction of sp³-hybridized carbons (Fsp3) is 0.375. The van der Waals surface area contributed by atoms with Crippen LogP contribution in [0.15, 0.2) is 42.7 Å². The number of nitrogens with one attached hydrogen (secondary N) is 1. The fourth-order valence-electron chi connectivity index (χ4n) is 2.66. The highest BCUT2D eigenvalue weighted by atomic mass is 16.2. The molecule has 1 aliphatic heterocycles. The molecule has 0 aliphatic carbocycles. The van der Waals surface area contributed by atoms with Crippen molar-refractivity contribution in [3.8, 4) is 5.69 Å². The van der Waals surface area contributed by atoms with E-state index in [2.05, 4.69) is 10.4 Å². The molecule has 0 saturated carbocycles. The SMILES string of the molecule is O=C(Nc1ccccc1-n1cccn1)N1CCCCCC1. The van der Waals surface area contributed by atoms with Gasteiger partial charge in [-0.3, -0.25) is 0 Å². The van der Waals surface area contributed by atoms with Crippen LogP contribution in [0, 0.1) is 0 Å². The standard InChI is InChI=1S/C16H20N4O/c21-16(19-11-5-1-2-6-12-19)18-14-8-3-4-9-15(14)20-13-7-10-17-20/h3-4,7-10,13H,1-2,5-6,11-12H2,(H,18,21). The first-order chi connectivity index (χ1) is 10.3. The van der Waals surface area contributed by atoms with Crippen LogP contribution in [-0.2, 0) is 0 Å². The third-order valence-corrected chi connectivity index (χ3v) is 3.79. The Labute approximate surface area is 124 Å². The summed E-state index contributed by atoms with van der Waals surface area (Å²) in [6.45, 7) is 1.69. The Morgan fingerprint density at radius 2 is 1.81 bits per heavy atom. The summed E-state index contributed by atoms with van der Waals surface area (Å²) in [6.07, 6.45) is 8.22. The minimum atomic E-state index is -0.0171. The number of nitrogens with zero attached hydrogens (tertiary/aromatic N) is 3. The second kappa shape index (κ2) is 6.43. The van der Waals surface area contributed by atoms with Gasteiger partial charge in [0.15, 0.2) is 0 Å². The Morgan fingerprint density at radius 3 is 2.52 bits per heavy atom. The summed E-state index contributed by atoms with van der Waals surface area (Å²) >= 11 is 0. The Bertz CT molecular complexity index is 586. The van der Waals surface area contributed by atoms with Gasteiger partial charge in [0, 0.05) is 25.5 Å². The highest BCUT2D eigenvalue weighted by Crippen LogP contribution is 2.20. The summed E-state index contributed by atoms with van der Waals surface area (Å²) in [5.74, 6) is 0. The lowest BCUT2D eigenvalue weighted by molar-refractivity contribution is 0.214. The molecule has 1 N–H and O–H groups in total. The molecule has 0 spiro atoms. The third kappa shape index (κ3) is 3.24. The molecule has 0 bridgehead atoms. The maximum absolute atomic E-state index is 12.4. The summed E-state index contributed by atoms with van der Waals surface area (Å²) in [5.41, 5.74) is 1.67. The number of urea groups is 1. The molecule has 0 radical (unpaired) electrons. The highest BCUT2D eigenvalue weighted by molar-refractivity contribution is 5.91. The van der Waals surface area contributed by atoms with Gasteiger partial charge in [0.05, 0.1) is 11.4 Å². The van der Waals surface area contributed by atoms with E-state index in [1.165, 1.54) is 12.8 Å². The van der Waals surface area contributed by atoms with E-state index in [4.69, 9.17) is 0 Å².